The number of aromatic hydroxyl groups is 2. The van der Waals surface area contributed by atoms with Gasteiger partial charge in [-0.3, -0.25) is 4.79 Å². The third-order valence-electron chi connectivity index (χ3n) is 3.15. The molecule has 1 unspecified atom stereocenters. The first kappa shape index (κ1) is 14.4. The fourth-order valence-electron chi connectivity index (χ4n) is 2.15. The molecule has 1 aromatic carbocycles. The van der Waals surface area contributed by atoms with Crippen LogP contribution in [-0.2, 0) is 0 Å². The van der Waals surface area contributed by atoms with Crippen molar-refractivity contribution in [3.63, 3.8) is 0 Å². The summed E-state index contributed by atoms with van der Waals surface area (Å²) in [5.74, 6) is -1.10. The van der Waals surface area contributed by atoms with Crippen LogP contribution in [0.15, 0.2) is 24.3 Å². The molecule has 2 aromatic rings. The van der Waals surface area contributed by atoms with Crippen molar-refractivity contribution in [2.75, 3.05) is 0 Å². The Labute approximate surface area is 121 Å². The molecule has 0 spiro atoms. The van der Waals surface area contributed by atoms with Gasteiger partial charge < -0.3 is 15.5 Å². The predicted octanol–water partition coefficient (Wildman–Crippen LogP) is 3.27. The van der Waals surface area contributed by atoms with Crippen molar-refractivity contribution in [1.29, 1.82) is 0 Å². The number of thiophene rings is 1. The second kappa shape index (κ2) is 5.54. The zero-order valence-electron chi connectivity index (χ0n) is 11.6. The molecule has 0 aliphatic rings. The Bertz CT molecular complexity index is 649. The van der Waals surface area contributed by atoms with Gasteiger partial charge in [0.15, 0.2) is 11.5 Å². The van der Waals surface area contributed by atoms with Crippen molar-refractivity contribution in [3.8, 4) is 11.5 Å². The van der Waals surface area contributed by atoms with Crippen LogP contribution in [0.25, 0.3) is 0 Å². The summed E-state index contributed by atoms with van der Waals surface area (Å²) >= 11 is 1.69. The molecule has 3 N–H and O–H groups in total. The van der Waals surface area contributed by atoms with Gasteiger partial charge in [-0.25, -0.2) is 0 Å². The highest BCUT2D eigenvalue weighted by atomic mass is 32.1. The highest BCUT2D eigenvalue weighted by molar-refractivity contribution is 7.12. The highest BCUT2D eigenvalue weighted by Gasteiger charge is 2.18. The Morgan fingerprint density at radius 2 is 2.00 bits per heavy atom. The van der Waals surface area contributed by atoms with E-state index in [2.05, 4.69) is 5.32 Å². The van der Waals surface area contributed by atoms with Crippen molar-refractivity contribution in [3.05, 3.63) is 45.1 Å². The average molecular weight is 291 g/mol. The SMILES string of the molecule is Cc1cc(C(C)NC(=O)c2cccc(O)c2O)c(C)s1. The number of nitrogens with one attached hydrogen (secondary N) is 1. The van der Waals surface area contributed by atoms with Gasteiger partial charge in [0.25, 0.3) is 5.91 Å². The molecule has 106 valence electrons. The lowest BCUT2D eigenvalue weighted by molar-refractivity contribution is 0.0936. The Balaban J connectivity index is 2.19. The van der Waals surface area contributed by atoms with E-state index in [1.807, 2.05) is 26.8 Å². The molecule has 1 amide bonds. The minimum Gasteiger partial charge on any atom is -0.504 e. The first-order chi connectivity index (χ1) is 9.40. The number of benzene rings is 1. The van der Waals surface area contributed by atoms with Crippen molar-refractivity contribution in [1.82, 2.24) is 5.32 Å². The van der Waals surface area contributed by atoms with Crippen molar-refractivity contribution < 1.29 is 15.0 Å². The van der Waals surface area contributed by atoms with Gasteiger partial charge in [0.1, 0.15) is 0 Å². The third-order valence-corrected chi connectivity index (χ3v) is 4.13. The molecule has 20 heavy (non-hydrogen) atoms. The summed E-state index contributed by atoms with van der Waals surface area (Å²) in [6.07, 6.45) is 0. The van der Waals surface area contributed by atoms with Gasteiger partial charge in [-0.15, -0.1) is 11.3 Å². The maximum absolute atomic E-state index is 12.1. The van der Waals surface area contributed by atoms with E-state index in [9.17, 15) is 15.0 Å². The van der Waals surface area contributed by atoms with E-state index in [-0.39, 0.29) is 17.4 Å². The Hall–Kier alpha value is -2.01. The molecule has 0 saturated carbocycles. The molecule has 0 radical (unpaired) electrons. The van der Waals surface area contributed by atoms with Gasteiger partial charge in [0, 0.05) is 9.75 Å². The van der Waals surface area contributed by atoms with Gasteiger partial charge in [-0.1, -0.05) is 6.07 Å². The minimum atomic E-state index is -0.408. The van der Waals surface area contributed by atoms with Gasteiger partial charge in [0.2, 0.25) is 0 Å². The first-order valence-corrected chi connectivity index (χ1v) is 7.10. The topological polar surface area (TPSA) is 69.6 Å². The van der Waals surface area contributed by atoms with Crippen LogP contribution in [0.1, 0.15) is 38.6 Å². The van der Waals surface area contributed by atoms with Crippen LogP contribution in [0.2, 0.25) is 0 Å². The number of aryl methyl sites for hydroxylation is 2. The van der Waals surface area contributed by atoms with Crippen LogP contribution in [0, 0.1) is 13.8 Å². The summed E-state index contributed by atoms with van der Waals surface area (Å²) in [7, 11) is 0. The number of carbonyl (C=O) groups excluding carboxylic acids is 1. The molecule has 1 heterocycles. The van der Waals surface area contributed by atoms with Crippen molar-refractivity contribution >= 4 is 17.2 Å². The molecule has 0 bridgehead atoms. The lowest BCUT2D eigenvalue weighted by atomic mass is 10.1. The van der Waals surface area contributed by atoms with Crippen molar-refractivity contribution in [2.45, 2.75) is 26.8 Å². The van der Waals surface area contributed by atoms with E-state index in [0.717, 1.165) is 10.4 Å². The molecule has 4 nitrogen and oxygen atoms in total. The lowest BCUT2D eigenvalue weighted by Crippen LogP contribution is -2.26. The Morgan fingerprint density at radius 1 is 1.30 bits per heavy atom. The van der Waals surface area contributed by atoms with E-state index < -0.39 is 11.7 Å². The fourth-order valence-corrected chi connectivity index (χ4v) is 3.17. The molecule has 0 aliphatic carbocycles. The minimum absolute atomic E-state index is 0.0708. The van der Waals surface area contributed by atoms with Crippen LogP contribution in [0.4, 0.5) is 0 Å². The van der Waals surface area contributed by atoms with Gasteiger partial charge in [-0.2, -0.15) is 0 Å². The monoisotopic (exact) mass is 291 g/mol. The van der Waals surface area contributed by atoms with Gasteiger partial charge in [0.05, 0.1) is 11.6 Å². The Morgan fingerprint density at radius 3 is 2.60 bits per heavy atom. The summed E-state index contributed by atoms with van der Waals surface area (Å²) in [5.41, 5.74) is 1.14. The van der Waals surface area contributed by atoms with Crippen LogP contribution in [-0.4, -0.2) is 16.1 Å². The number of amides is 1. The summed E-state index contributed by atoms with van der Waals surface area (Å²) in [6.45, 7) is 5.94. The molecule has 1 atom stereocenters. The number of hydrogen-bond acceptors (Lipinski definition) is 4. The maximum Gasteiger partial charge on any atom is 0.255 e. The smallest absolute Gasteiger partial charge is 0.255 e. The highest BCUT2D eigenvalue weighted by Crippen LogP contribution is 2.30. The normalized spacial score (nSPS) is 12.2. The zero-order valence-corrected chi connectivity index (χ0v) is 12.4. The molecule has 2 rings (SSSR count). The quantitative estimate of drug-likeness (QED) is 0.760. The summed E-state index contributed by atoms with van der Waals surface area (Å²) < 4.78 is 0. The average Bonchev–Trinajstić information content (AvgIpc) is 2.71. The van der Waals surface area contributed by atoms with E-state index in [1.165, 1.54) is 23.1 Å². The zero-order chi connectivity index (χ0) is 14.9. The lowest BCUT2D eigenvalue weighted by Gasteiger charge is -2.14. The molecule has 5 heteroatoms. The number of para-hydroxylation sites is 1. The van der Waals surface area contributed by atoms with E-state index in [1.54, 1.807) is 11.3 Å². The number of hydrogen-bond donors (Lipinski definition) is 3. The molecular formula is C15H17NO3S. The number of rotatable bonds is 3. The molecule has 0 aliphatic heterocycles. The standard InChI is InChI=1S/C15H17NO3S/c1-8-7-12(10(3)20-8)9(2)16-15(19)11-5-4-6-13(17)14(11)18/h4-7,9,17-18H,1-3H3,(H,16,19). The van der Waals surface area contributed by atoms with Gasteiger partial charge >= 0.3 is 0 Å². The van der Waals surface area contributed by atoms with Crippen LogP contribution in [0.5, 0.6) is 11.5 Å². The fraction of sp³-hybridized carbons (Fsp3) is 0.267. The summed E-state index contributed by atoms with van der Waals surface area (Å²) in [5, 5.41) is 22.0. The maximum atomic E-state index is 12.1. The van der Waals surface area contributed by atoms with E-state index in [4.69, 9.17) is 0 Å². The van der Waals surface area contributed by atoms with E-state index >= 15 is 0 Å². The van der Waals surface area contributed by atoms with Gasteiger partial charge in [-0.05, 0) is 44.5 Å². The molecule has 1 aromatic heterocycles. The largest absolute Gasteiger partial charge is 0.504 e. The second-order valence-electron chi connectivity index (χ2n) is 4.74. The number of phenolic OH excluding ortho intramolecular Hbond substituents is 2. The van der Waals surface area contributed by atoms with Crippen molar-refractivity contribution in [2.24, 2.45) is 0 Å². The summed E-state index contributed by atoms with van der Waals surface area (Å²) in [6, 6.07) is 6.22. The number of phenols is 2. The summed E-state index contributed by atoms with van der Waals surface area (Å²) in [4.78, 5) is 14.5. The predicted molar refractivity (Wildman–Crippen MR) is 79.4 cm³/mol. The Kier molecular flexibility index (Phi) is 3.99. The molecule has 0 fully saturated rings. The van der Waals surface area contributed by atoms with Crippen LogP contribution < -0.4 is 5.32 Å². The molecule has 0 saturated heterocycles. The van der Waals surface area contributed by atoms with Crippen LogP contribution >= 0.6 is 11.3 Å². The van der Waals surface area contributed by atoms with Crippen LogP contribution in [0.3, 0.4) is 0 Å². The van der Waals surface area contributed by atoms with E-state index in [0.29, 0.717) is 0 Å². The first-order valence-electron chi connectivity index (χ1n) is 6.29. The number of carbonyl (C=O) groups is 1. The molecular weight excluding hydrogens is 274 g/mol. The second-order valence-corrected chi connectivity index (χ2v) is 6.20. The third kappa shape index (κ3) is 2.77.